The summed E-state index contributed by atoms with van der Waals surface area (Å²) < 4.78 is 0. The minimum atomic E-state index is -0.252. The maximum Gasteiger partial charge on any atom is 0.251 e. The molecule has 0 aromatic heterocycles. The average molecular weight is 386 g/mol. The monoisotopic (exact) mass is 386 g/mol. The molecule has 4 nitrogen and oxygen atoms in total. The first kappa shape index (κ1) is 20.3. The molecule has 3 rings (SSSR count). The SMILES string of the molecule is Cc1ccc(CN(C)C(=O)CNC(=O)c2ccc(-c3ccccc3)cc2)c(C)c1. The summed E-state index contributed by atoms with van der Waals surface area (Å²) in [6, 6.07) is 23.6. The highest BCUT2D eigenvalue weighted by Crippen LogP contribution is 2.19. The Kier molecular flexibility index (Phi) is 6.45. The summed E-state index contributed by atoms with van der Waals surface area (Å²) in [4.78, 5) is 26.4. The second-order valence-corrected chi connectivity index (χ2v) is 7.31. The van der Waals surface area contributed by atoms with Crippen LogP contribution >= 0.6 is 0 Å². The number of benzene rings is 3. The molecule has 0 aliphatic heterocycles. The lowest BCUT2D eigenvalue weighted by atomic mass is 10.0. The topological polar surface area (TPSA) is 49.4 Å². The van der Waals surface area contributed by atoms with Gasteiger partial charge in [-0.1, -0.05) is 66.2 Å². The van der Waals surface area contributed by atoms with Crippen molar-refractivity contribution in [3.05, 3.63) is 95.1 Å². The Balaban J connectivity index is 1.55. The molecule has 2 amide bonds. The van der Waals surface area contributed by atoms with Gasteiger partial charge in [0.25, 0.3) is 5.91 Å². The van der Waals surface area contributed by atoms with Crippen molar-refractivity contribution in [2.75, 3.05) is 13.6 Å². The Morgan fingerprint density at radius 2 is 1.52 bits per heavy atom. The van der Waals surface area contributed by atoms with Crippen molar-refractivity contribution in [2.24, 2.45) is 0 Å². The molecule has 0 heterocycles. The summed E-state index contributed by atoms with van der Waals surface area (Å²) in [6.07, 6.45) is 0. The fourth-order valence-electron chi connectivity index (χ4n) is 3.20. The minimum Gasteiger partial charge on any atom is -0.343 e. The molecular formula is C25H26N2O2. The van der Waals surface area contributed by atoms with Gasteiger partial charge in [-0.25, -0.2) is 0 Å². The van der Waals surface area contributed by atoms with Gasteiger partial charge in [0.2, 0.25) is 5.91 Å². The van der Waals surface area contributed by atoms with E-state index < -0.39 is 0 Å². The smallest absolute Gasteiger partial charge is 0.251 e. The standard InChI is InChI=1S/C25H26N2O2/c1-18-9-10-23(19(2)15-18)17-27(3)24(28)16-26-25(29)22-13-11-21(12-14-22)20-7-5-4-6-8-20/h4-15H,16-17H2,1-3H3,(H,26,29). The zero-order valence-electron chi connectivity index (χ0n) is 17.1. The van der Waals surface area contributed by atoms with Crippen LogP contribution in [0, 0.1) is 13.8 Å². The predicted octanol–water partition coefficient (Wildman–Crippen LogP) is 4.36. The third-order valence-electron chi connectivity index (χ3n) is 4.99. The van der Waals surface area contributed by atoms with Crippen molar-refractivity contribution < 1.29 is 9.59 Å². The van der Waals surface area contributed by atoms with Gasteiger partial charge in [0.1, 0.15) is 0 Å². The summed E-state index contributed by atoms with van der Waals surface area (Å²) in [5, 5.41) is 2.72. The second kappa shape index (κ2) is 9.20. The third-order valence-corrected chi connectivity index (χ3v) is 4.99. The summed E-state index contributed by atoms with van der Waals surface area (Å²) in [6.45, 7) is 4.59. The van der Waals surface area contributed by atoms with Gasteiger partial charge in [0, 0.05) is 19.2 Å². The largest absolute Gasteiger partial charge is 0.343 e. The summed E-state index contributed by atoms with van der Waals surface area (Å²) in [7, 11) is 1.75. The molecular weight excluding hydrogens is 360 g/mol. The van der Waals surface area contributed by atoms with E-state index in [1.807, 2.05) is 68.4 Å². The minimum absolute atomic E-state index is 0.0271. The number of likely N-dealkylation sites (N-methyl/N-ethyl adjacent to an activating group) is 1. The van der Waals surface area contributed by atoms with Gasteiger partial charge in [0.15, 0.2) is 0 Å². The van der Waals surface area contributed by atoms with Crippen LogP contribution in [0.15, 0.2) is 72.8 Å². The first-order valence-electron chi connectivity index (χ1n) is 9.68. The quantitative estimate of drug-likeness (QED) is 0.684. The Hall–Kier alpha value is -3.40. The third kappa shape index (κ3) is 5.32. The first-order valence-corrected chi connectivity index (χ1v) is 9.68. The van der Waals surface area contributed by atoms with Crippen molar-refractivity contribution in [2.45, 2.75) is 20.4 Å². The Morgan fingerprint density at radius 1 is 0.862 bits per heavy atom. The Labute approximate surface area is 172 Å². The normalized spacial score (nSPS) is 10.4. The maximum absolute atomic E-state index is 12.4. The van der Waals surface area contributed by atoms with Gasteiger partial charge in [0.05, 0.1) is 6.54 Å². The molecule has 0 aliphatic rings. The van der Waals surface area contributed by atoms with Gasteiger partial charge in [-0.05, 0) is 48.2 Å². The van der Waals surface area contributed by atoms with E-state index >= 15 is 0 Å². The van der Waals surface area contributed by atoms with Crippen LogP contribution in [0.5, 0.6) is 0 Å². The molecule has 29 heavy (non-hydrogen) atoms. The van der Waals surface area contributed by atoms with Crippen molar-refractivity contribution in [1.29, 1.82) is 0 Å². The first-order chi connectivity index (χ1) is 13.9. The van der Waals surface area contributed by atoms with Crippen LogP contribution in [0.3, 0.4) is 0 Å². The van der Waals surface area contributed by atoms with E-state index in [0.29, 0.717) is 12.1 Å². The number of amides is 2. The average Bonchev–Trinajstić information content (AvgIpc) is 2.74. The number of nitrogens with zero attached hydrogens (tertiary/aromatic N) is 1. The van der Waals surface area contributed by atoms with Gasteiger partial charge in [-0.2, -0.15) is 0 Å². The summed E-state index contributed by atoms with van der Waals surface area (Å²) in [5.41, 5.74) is 6.15. The lowest BCUT2D eigenvalue weighted by Gasteiger charge is -2.19. The fraction of sp³-hybridized carbons (Fsp3) is 0.200. The van der Waals surface area contributed by atoms with Gasteiger partial charge >= 0.3 is 0 Å². The molecule has 1 N–H and O–H groups in total. The van der Waals surface area contributed by atoms with Crippen molar-refractivity contribution in [3.63, 3.8) is 0 Å². The highest BCUT2D eigenvalue weighted by atomic mass is 16.2. The number of carbonyl (C=O) groups excluding carboxylic acids is 2. The van der Waals surface area contributed by atoms with Crippen LogP contribution < -0.4 is 5.32 Å². The van der Waals surface area contributed by atoms with E-state index in [4.69, 9.17) is 0 Å². The molecule has 0 fully saturated rings. The van der Waals surface area contributed by atoms with Crippen LogP contribution in [0.25, 0.3) is 11.1 Å². The van der Waals surface area contributed by atoms with Crippen molar-refractivity contribution in [3.8, 4) is 11.1 Å². The zero-order chi connectivity index (χ0) is 20.8. The molecule has 0 unspecified atom stereocenters. The zero-order valence-corrected chi connectivity index (χ0v) is 17.1. The van der Waals surface area contributed by atoms with E-state index in [9.17, 15) is 9.59 Å². The number of carbonyl (C=O) groups is 2. The van der Waals surface area contributed by atoms with E-state index in [1.165, 1.54) is 5.56 Å². The molecule has 0 radical (unpaired) electrons. The van der Waals surface area contributed by atoms with Crippen LogP contribution in [0.1, 0.15) is 27.0 Å². The molecule has 0 atom stereocenters. The van der Waals surface area contributed by atoms with E-state index in [2.05, 4.69) is 11.4 Å². The van der Waals surface area contributed by atoms with E-state index in [1.54, 1.807) is 24.1 Å². The molecule has 0 spiro atoms. The van der Waals surface area contributed by atoms with Gasteiger partial charge in [-0.3, -0.25) is 9.59 Å². The fourth-order valence-corrected chi connectivity index (χ4v) is 3.20. The molecule has 3 aromatic carbocycles. The number of nitrogens with one attached hydrogen (secondary N) is 1. The molecule has 0 saturated carbocycles. The van der Waals surface area contributed by atoms with Gasteiger partial charge in [-0.15, -0.1) is 0 Å². The van der Waals surface area contributed by atoms with Crippen LogP contribution in [0.2, 0.25) is 0 Å². The number of hydrogen-bond donors (Lipinski definition) is 1. The molecule has 0 saturated heterocycles. The highest BCUT2D eigenvalue weighted by Gasteiger charge is 2.13. The number of aryl methyl sites for hydroxylation is 2. The molecule has 3 aromatic rings. The lowest BCUT2D eigenvalue weighted by molar-refractivity contribution is -0.129. The second-order valence-electron chi connectivity index (χ2n) is 7.31. The van der Waals surface area contributed by atoms with Crippen LogP contribution in [-0.2, 0) is 11.3 Å². The van der Waals surface area contributed by atoms with Crippen molar-refractivity contribution >= 4 is 11.8 Å². The summed E-state index contributed by atoms with van der Waals surface area (Å²) in [5.74, 6) is -0.378. The Bertz CT molecular complexity index is 995. The highest BCUT2D eigenvalue weighted by molar-refractivity contribution is 5.96. The summed E-state index contributed by atoms with van der Waals surface area (Å²) >= 11 is 0. The molecule has 0 aliphatic carbocycles. The van der Waals surface area contributed by atoms with Crippen LogP contribution in [0.4, 0.5) is 0 Å². The maximum atomic E-state index is 12.4. The molecule has 148 valence electrons. The van der Waals surface area contributed by atoms with Crippen molar-refractivity contribution in [1.82, 2.24) is 10.2 Å². The van der Waals surface area contributed by atoms with Crippen LogP contribution in [-0.4, -0.2) is 30.3 Å². The number of rotatable bonds is 6. The molecule has 0 bridgehead atoms. The van der Waals surface area contributed by atoms with E-state index in [-0.39, 0.29) is 18.4 Å². The lowest BCUT2D eigenvalue weighted by Crippen LogP contribution is -2.37. The Morgan fingerprint density at radius 3 is 2.17 bits per heavy atom. The predicted molar refractivity (Wildman–Crippen MR) is 117 cm³/mol. The van der Waals surface area contributed by atoms with E-state index in [0.717, 1.165) is 22.3 Å². The molecule has 4 heteroatoms. The number of hydrogen-bond acceptors (Lipinski definition) is 2. The van der Waals surface area contributed by atoms with Gasteiger partial charge < -0.3 is 10.2 Å².